The summed E-state index contributed by atoms with van der Waals surface area (Å²) in [5.41, 5.74) is 2.38. The van der Waals surface area contributed by atoms with Gasteiger partial charge in [-0.05, 0) is 36.0 Å². The fourth-order valence-corrected chi connectivity index (χ4v) is 4.15. The summed E-state index contributed by atoms with van der Waals surface area (Å²) in [6.45, 7) is 5.95. The molecule has 0 amide bonds. The van der Waals surface area contributed by atoms with Crippen molar-refractivity contribution in [3.8, 4) is 0 Å². The van der Waals surface area contributed by atoms with Crippen molar-refractivity contribution in [3.05, 3.63) is 64.7 Å². The Kier molecular flexibility index (Phi) is 7.71. The first kappa shape index (κ1) is 20.9. The van der Waals surface area contributed by atoms with Gasteiger partial charge in [0, 0.05) is 10.9 Å². The molecule has 0 spiro atoms. The molecule has 3 nitrogen and oxygen atoms in total. The Morgan fingerprint density at radius 3 is 1.88 bits per heavy atom. The van der Waals surface area contributed by atoms with Crippen LogP contribution < -0.4 is 29.1 Å². The van der Waals surface area contributed by atoms with Gasteiger partial charge < -0.3 is 9.46 Å². The van der Waals surface area contributed by atoms with Gasteiger partial charge in [-0.25, -0.2) is 0 Å². The molecule has 2 aromatic rings. The summed E-state index contributed by atoms with van der Waals surface area (Å²) < 4.78 is 12.7. The summed E-state index contributed by atoms with van der Waals surface area (Å²) in [5.74, 6) is 0. The molecule has 0 saturated carbocycles. The molecule has 0 aliphatic heterocycles. The molecule has 0 radical (unpaired) electrons. The van der Waals surface area contributed by atoms with Gasteiger partial charge in [-0.3, -0.25) is 4.79 Å². The van der Waals surface area contributed by atoms with Crippen LogP contribution >= 0.6 is 7.37 Å². The summed E-state index contributed by atoms with van der Waals surface area (Å²) >= 11 is 0. The van der Waals surface area contributed by atoms with E-state index >= 15 is 0 Å². The monoisotopic (exact) mass is 336 g/mol. The van der Waals surface area contributed by atoms with Crippen molar-refractivity contribution in [2.75, 3.05) is 0 Å². The van der Waals surface area contributed by atoms with E-state index in [0.717, 1.165) is 23.1 Å². The van der Waals surface area contributed by atoms with E-state index in [1.54, 1.807) is 18.2 Å². The van der Waals surface area contributed by atoms with Gasteiger partial charge in [0.2, 0.25) is 5.52 Å². The van der Waals surface area contributed by atoms with E-state index in [-0.39, 0.29) is 24.2 Å². The second-order valence-corrected chi connectivity index (χ2v) is 7.57. The van der Waals surface area contributed by atoms with Crippen molar-refractivity contribution in [3.63, 3.8) is 0 Å². The first-order valence-corrected chi connectivity index (χ1v) is 9.64. The fraction of sp³-hybridized carbons (Fsp3) is 0.316. The standard InChI is InChI=1S/C19H23O3P.Li/c1-4-14-12-15(5-2)18(16(6-3)13-14)19(20)23(21,22)17-10-8-7-9-11-17;/h7-13H,4-6H2,1-3H3,(H,21,22);/q;+1/p-1. The van der Waals surface area contributed by atoms with Crippen LogP contribution in [0.5, 0.6) is 0 Å². The van der Waals surface area contributed by atoms with Crippen molar-refractivity contribution in [2.24, 2.45) is 0 Å². The van der Waals surface area contributed by atoms with Crippen molar-refractivity contribution >= 4 is 18.2 Å². The Morgan fingerprint density at radius 1 is 0.958 bits per heavy atom. The Morgan fingerprint density at radius 2 is 1.46 bits per heavy atom. The van der Waals surface area contributed by atoms with Gasteiger partial charge in [-0.15, -0.1) is 0 Å². The maximum atomic E-state index is 12.9. The molecule has 1 unspecified atom stereocenters. The molecule has 0 heterocycles. The van der Waals surface area contributed by atoms with Crippen LogP contribution in [-0.4, -0.2) is 5.52 Å². The molecular formula is C19H22LiO3P. The van der Waals surface area contributed by atoms with E-state index in [2.05, 4.69) is 6.92 Å². The molecule has 0 bridgehead atoms. The third-order valence-corrected chi connectivity index (χ3v) is 5.85. The summed E-state index contributed by atoms with van der Waals surface area (Å²) in [6, 6.07) is 11.9. The molecule has 2 aromatic carbocycles. The average molecular weight is 336 g/mol. The molecule has 0 saturated heterocycles. The van der Waals surface area contributed by atoms with Gasteiger partial charge >= 0.3 is 18.9 Å². The number of rotatable bonds is 6. The normalized spacial score (nSPS) is 13.0. The summed E-state index contributed by atoms with van der Waals surface area (Å²) in [4.78, 5) is 25.6. The molecule has 0 aliphatic rings. The largest absolute Gasteiger partial charge is 1.00 e. The van der Waals surface area contributed by atoms with Crippen LogP contribution in [0.3, 0.4) is 0 Å². The molecule has 5 heteroatoms. The predicted octanol–water partition coefficient (Wildman–Crippen LogP) is 0.482. The van der Waals surface area contributed by atoms with Crippen molar-refractivity contribution in [2.45, 2.75) is 40.0 Å². The van der Waals surface area contributed by atoms with E-state index in [9.17, 15) is 14.3 Å². The zero-order chi connectivity index (χ0) is 17.0. The number of carbonyl (C=O) groups excluding carboxylic acids is 1. The van der Waals surface area contributed by atoms with Gasteiger partial charge in [0.1, 0.15) is 7.37 Å². The molecule has 0 fully saturated rings. The summed E-state index contributed by atoms with van der Waals surface area (Å²) in [7, 11) is -4.35. The first-order valence-electron chi connectivity index (χ1n) is 8.01. The van der Waals surface area contributed by atoms with Crippen LogP contribution in [0.4, 0.5) is 0 Å². The number of aryl methyl sites for hydroxylation is 3. The van der Waals surface area contributed by atoms with Gasteiger partial charge in [-0.1, -0.05) is 63.2 Å². The van der Waals surface area contributed by atoms with Gasteiger partial charge in [0.05, 0.1) is 0 Å². The van der Waals surface area contributed by atoms with E-state index in [1.807, 2.05) is 26.0 Å². The number of hydrogen-bond donors (Lipinski definition) is 0. The Hall–Kier alpha value is -1.10. The van der Waals surface area contributed by atoms with E-state index in [1.165, 1.54) is 12.1 Å². The smallest absolute Gasteiger partial charge is 0.790 e. The van der Waals surface area contributed by atoms with Crippen LogP contribution in [-0.2, 0) is 23.8 Å². The maximum absolute atomic E-state index is 12.9. The molecule has 2 rings (SSSR count). The van der Waals surface area contributed by atoms with Gasteiger partial charge in [0.15, 0.2) is 0 Å². The second-order valence-electron chi connectivity index (χ2n) is 5.54. The molecule has 122 valence electrons. The van der Waals surface area contributed by atoms with Crippen LogP contribution in [0.2, 0.25) is 0 Å². The van der Waals surface area contributed by atoms with Crippen molar-refractivity contribution in [1.82, 2.24) is 0 Å². The van der Waals surface area contributed by atoms with E-state index in [4.69, 9.17) is 0 Å². The minimum absolute atomic E-state index is 0. The molecule has 24 heavy (non-hydrogen) atoms. The Balaban J connectivity index is 0.00000288. The topological polar surface area (TPSA) is 57.2 Å². The SMILES string of the molecule is CCc1cc(CC)c(C(=O)P(=O)([O-])c2ccccc2)c(CC)c1.[Li+]. The third-order valence-electron chi connectivity index (χ3n) is 4.11. The van der Waals surface area contributed by atoms with Crippen LogP contribution in [0.15, 0.2) is 42.5 Å². The molecular weight excluding hydrogens is 314 g/mol. The van der Waals surface area contributed by atoms with Gasteiger partial charge in [-0.2, -0.15) is 0 Å². The molecule has 0 aliphatic carbocycles. The third kappa shape index (κ3) is 4.10. The number of hydrogen-bond acceptors (Lipinski definition) is 3. The number of carbonyl (C=O) groups is 1. The maximum Gasteiger partial charge on any atom is 1.00 e. The van der Waals surface area contributed by atoms with Crippen LogP contribution in [0.1, 0.15) is 47.8 Å². The zero-order valence-corrected chi connectivity index (χ0v) is 15.7. The second kappa shape index (κ2) is 8.84. The fourth-order valence-electron chi connectivity index (χ4n) is 2.77. The van der Waals surface area contributed by atoms with Crippen molar-refractivity contribution in [1.29, 1.82) is 0 Å². The number of benzene rings is 2. The quantitative estimate of drug-likeness (QED) is 0.570. The summed E-state index contributed by atoms with van der Waals surface area (Å²) in [6.07, 6.45) is 2.13. The van der Waals surface area contributed by atoms with Crippen LogP contribution in [0.25, 0.3) is 0 Å². The summed E-state index contributed by atoms with van der Waals surface area (Å²) in [5, 5.41) is 0.0775. The average Bonchev–Trinajstić information content (AvgIpc) is 2.60. The van der Waals surface area contributed by atoms with Crippen LogP contribution in [0, 0.1) is 0 Å². The molecule has 1 atom stereocenters. The molecule has 0 N–H and O–H groups in total. The zero-order valence-electron chi connectivity index (χ0n) is 14.8. The predicted molar refractivity (Wildman–Crippen MR) is 92.6 cm³/mol. The minimum atomic E-state index is -4.35. The Bertz CT molecular complexity index is 731. The van der Waals surface area contributed by atoms with Crippen molar-refractivity contribution < 1.29 is 33.1 Å². The van der Waals surface area contributed by atoms with E-state index < -0.39 is 12.9 Å². The Labute approximate surface area is 156 Å². The van der Waals surface area contributed by atoms with Gasteiger partial charge in [0.25, 0.3) is 0 Å². The minimum Gasteiger partial charge on any atom is -0.790 e. The first-order chi connectivity index (χ1) is 11.0. The van der Waals surface area contributed by atoms with E-state index in [0.29, 0.717) is 18.4 Å². The molecule has 0 aromatic heterocycles.